The number of nitrogens with two attached hydrogens (primary N) is 1. The van der Waals surface area contributed by atoms with Gasteiger partial charge in [-0.3, -0.25) is 9.69 Å². The number of amides is 1. The summed E-state index contributed by atoms with van der Waals surface area (Å²) in [4.78, 5) is 18.3. The Kier molecular flexibility index (Phi) is 5.33. The van der Waals surface area contributed by atoms with Crippen LogP contribution in [0, 0.1) is 0 Å². The summed E-state index contributed by atoms with van der Waals surface area (Å²) in [5.41, 5.74) is 6.24. The maximum Gasteiger partial charge on any atom is 0.225 e. The van der Waals surface area contributed by atoms with E-state index in [-0.39, 0.29) is 12.5 Å². The average Bonchev–Trinajstić information content (AvgIpc) is 2.88. The molecule has 3 rings (SSSR count). The van der Waals surface area contributed by atoms with Crippen LogP contribution >= 0.6 is 0 Å². The third kappa shape index (κ3) is 3.99. The molecule has 1 saturated heterocycles. The molecule has 1 amide bonds. The molecule has 134 valence electrons. The summed E-state index contributed by atoms with van der Waals surface area (Å²) in [6, 6.07) is 7.86. The minimum atomic E-state index is -0.423. The van der Waals surface area contributed by atoms with Crippen LogP contribution in [0.5, 0.6) is 5.75 Å². The summed E-state index contributed by atoms with van der Waals surface area (Å²) in [5, 5.41) is 4.55. The van der Waals surface area contributed by atoms with E-state index in [1.807, 2.05) is 28.9 Å². The van der Waals surface area contributed by atoms with Crippen molar-refractivity contribution in [2.45, 2.75) is 38.1 Å². The summed E-state index contributed by atoms with van der Waals surface area (Å²) in [5.74, 6) is 1.70. The Morgan fingerprint density at radius 1 is 1.28 bits per heavy atom. The molecular formula is C18H25N5O2. The molecule has 0 radical (unpaired) electrons. The van der Waals surface area contributed by atoms with E-state index in [1.54, 1.807) is 7.11 Å². The van der Waals surface area contributed by atoms with E-state index in [9.17, 15) is 4.79 Å². The van der Waals surface area contributed by atoms with E-state index in [0.717, 1.165) is 36.6 Å². The first-order valence-corrected chi connectivity index (χ1v) is 8.67. The second kappa shape index (κ2) is 7.65. The number of methoxy groups -OCH3 is 1. The number of carbonyl (C=O) groups is 1. The fourth-order valence-corrected chi connectivity index (χ4v) is 3.31. The lowest BCUT2D eigenvalue weighted by Gasteiger charge is -2.25. The minimum Gasteiger partial charge on any atom is -0.497 e. The average molecular weight is 343 g/mol. The molecule has 0 aliphatic carbocycles. The normalized spacial score (nSPS) is 18.7. The van der Waals surface area contributed by atoms with Gasteiger partial charge in [-0.15, -0.1) is 0 Å². The van der Waals surface area contributed by atoms with Crippen molar-refractivity contribution >= 4 is 5.91 Å². The number of hydrogen-bond acceptors (Lipinski definition) is 5. The highest BCUT2D eigenvalue weighted by molar-refractivity contribution is 5.75. The van der Waals surface area contributed by atoms with Gasteiger partial charge in [-0.05, 0) is 50.7 Å². The van der Waals surface area contributed by atoms with Crippen molar-refractivity contribution in [3.63, 3.8) is 0 Å². The molecule has 2 heterocycles. The molecule has 2 N–H and O–H groups in total. The maximum atomic E-state index is 11.3. The molecule has 0 saturated carbocycles. The number of benzene rings is 1. The second-order valence-corrected chi connectivity index (χ2v) is 6.48. The van der Waals surface area contributed by atoms with Crippen LogP contribution in [0.4, 0.5) is 0 Å². The van der Waals surface area contributed by atoms with Gasteiger partial charge in [-0.25, -0.2) is 9.67 Å². The zero-order valence-corrected chi connectivity index (χ0v) is 14.8. The van der Waals surface area contributed by atoms with Crippen molar-refractivity contribution in [2.75, 3.05) is 20.7 Å². The van der Waals surface area contributed by atoms with Crippen LogP contribution in [0.25, 0.3) is 5.69 Å². The largest absolute Gasteiger partial charge is 0.497 e. The smallest absolute Gasteiger partial charge is 0.225 e. The summed E-state index contributed by atoms with van der Waals surface area (Å²) in [7, 11) is 3.76. The Bertz CT molecular complexity index is 726. The van der Waals surface area contributed by atoms with Crippen LogP contribution < -0.4 is 10.5 Å². The molecule has 1 aliphatic rings. The Balaban J connectivity index is 2.01. The molecular weight excluding hydrogens is 318 g/mol. The Morgan fingerprint density at radius 3 is 2.72 bits per heavy atom. The lowest BCUT2D eigenvalue weighted by Crippen LogP contribution is -2.26. The predicted octanol–water partition coefficient (Wildman–Crippen LogP) is 1.85. The first kappa shape index (κ1) is 17.4. The molecule has 1 fully saturated rings. The van der Waals surface area contributed by atoms with E-state index >= 15 is 0 Å². The van der Waals surface area contributed by atoms with E-state index < -0.39 is 5.91 Å². The van der Waals surface area contributed by atoms with Gasteiger partial charge in [0.15, 0.2) is 5.82 Å². The molecule has 7 nitrogen and oxygen atoms in total. The Morgan fingerprint density at radius 2 is 2.04 bits per heavy atom. The predicted molar refractivity (Wildman–Crippen MR) is 94.6 cm³/mol. The molecule has 1 aromatic heterocycles. The van der Waals surface area contributed by atoms with Crippen molar-refractivity contribution in [1.82, 2.24) is 19.7 Å². The van der Waals surface area contributed by atoms with Gasteiger partial charge in [0.25, 0.3) is 0 Å². The number of ether oxygens (including phenoxy) is 1. The van der Waals surface area contributed by atoms with Gasteiger partial charge in [0.2, 0.25) is 5.91 Å². The lowest BCUT2D eigenvalue weighted by atomic mass is 10.1. The number of rotatable bonds is 5. The molecule has 1 aromatic carbocycles. The van der Waals surface area contributed by atoms with Gasteiger partial charge in [0.1, 0.15) is 11.6 Å². The van der Waals surface area contributed by atoms with E-state index in [0.29, 0.717) is 5.82 Å². The molecule has 0 bridgehead atoms. The molecule has 1 atom stereocenters. The van der Waals surface area contributed by atoms with Crippen molar-refractivity contribution in [2.24, 2.45) is 5.73 Å². The highest BCUT2D eigenvalue weighted by Gasteiger charge is 2.26. The lowest BCUT2D eigenvalue weighted by molar-refractivity contribution is -0.117. The fraction of sp³-hybridized carbons (Fsp3) is 0.500. The molecule has 0 spiro atoms. The zero-order chi connectivity index (χ0) is 17.8. The number of primary amides is 1. The van der Waals surface area contributed by atoms with Gasteiger partial charge >= 0.3 is 0 Å². The van der Waals surface area contributed by atoms with Crippen LogP contribution in [-0.4, -0.2) is 46.3 Å². The molecule has 7 heteroatoms. The Hall–Kier alpha value is -2.41. The van der Waals surface area contributed by atoms with Gasteiger partial charge in [0.05, 0.1) is 25.3 Å². The zero-order valence-electron chi connectivity index (χ0n) is 14.8. The first-order valence-electron chi connectivity index (χ1n) is 8.67. The third-order valence-corrected chi connectivity index (χ3v) is 4.64. The highest BCUT2D eigenvalue weighted by Crippen LogP contribution is 2.29. The molecule has 2 aromatic rings. The number of carbonyl (C=O) groups excluding carboxylic acids is 1. The molecule has 25 heavy (non-hydrogen) atoms. The van der Waals surface area contributed by atoms with Crippen molar-refractivity contribution in [3.05, 3.63) is 35.9 Å². The minimum absolute atomic E-state index is 0.0482. The second-order valence-electron chi connectivity index (χ2n) is 6.48. The quantitative estimate of drug-likeness (QED) is 0.895. The fourth-order valence-electron chi connectivity index (χ4n) is 3.31. The first-order chi connectivity index (χ1) is 12.1. The van der Waals surface area contributed by atoms with Crippen LogP contribution in [0.1, 0.15) is 43.4 Å². The van der Waals surface area contributed by atoms with Crippen molar-refractivity contribution in [3.8, 4) is 11.4 Å². The van der Waals surface area contributed by atoms with Crippen LogP contribution in [0.15, 0.2) is 24.3 Å². The summed E-state index contributed by atoms with van der Waals surface area (Å²) in [6.07, 6.45) is 4.66. The standard InChI is InChI=1S/C18H25N5O2/c1-22-11-5-3-4-6-15(22)18-20-17(12-16(19)24)21-23(18)13-7-9-14(25-2)10-8-13/h7-10,15H,3-6,11-12H2,1-2H3,(H2,19,24)/t15-/m1/s1. The monoisotopic (exact) mass is 343 g/mol. The summed E-state index contributed by atoms with van der Waals surface area (Å²) < 4.78 is 7.07. The number of aromatic nitrogens is 3. The number of likely N-dealkylation sites (tertiary alicyclic amines) is 1. The van der Waals surface area contributed by atoms with Crippen molar-refractivity contribution in [1.29, 1.82) is 0 Å². The molecule has 0 unspecified atom stereocenters. The SMILES string of the molecule is COc1ccc(-n2nc(CC(N)=O)nc2[C@H]2CCCCCN2C)cc1. The highest BCUT2D eigenvalue weighted by atomic mass is 16.5. The molecule has 1 aliphatic heterocycles. The van der Waals surface area contributed by atoms with Crippen molar-refractivity contribution < 1.29 is 9.53 Å². The van der Waals surface area contributed by atoms with E-state index in [1.165, 1.54) is 12.8 Å². The number of hydrogen-bond donors (Lipinski definition) is 1. The third-order valence-electron chi connectivity index (χ3n) is 4.64. The van der Waals surface area contributed by atoms with E-state index in [2.05, 4.69) is 22.0 Å². The topological polar surface area (TPSA) is 86.3 Å². The summed E-state index contributed by atoms with van der Waals surface area (Å²) in [6.45, 7) is 1.03. The van der Waals surface area contributed by atoms with E-state index in [4.69, 9.17) is 10.5 Å². The Labute approximate surface area is 147 Å². The van der Waals surface area contributed by atoms with Gasteiger partial charge in [-0.1, -0.05) is 12.8 Å². The summed E-state index contributed by atoms with van der Waals surface area (Å²) >= 11 is 0. The van der Waals surface area contributed by atoms with Gasteiger partial charge in [-0.2, -0.15) is 5.10 Å². The van der Waals surface area contributed by atoms with Crippen LogP contribution in [-0.2, 0) is 11.2 Å². The maximum absolute atomic E-state index is 11.3. The van der Waals surface area contributed by atoms with Gasteiger partial charge in [0, 0.05) is 0 Å². The van der Waals surface area contributed by atoms with Crippen LogP contribution in [0.2, 0.25) is 0 Å². The number of nitrogens with zero attached hydrogens (tertiary/aromatic N) is 4. The van der Waals surface area contributed by atoms with Gasteiger partial charge < -0.3 is 10.5 Å². The van der Waals surface area contributed by atoms with Crippen LogP contribution in [0.3, 0.4) is 0 Å².